The van der Waals surface area contributed by atoms with E-state index in [4.69, 9.17) is 0 Å². The molecule has 1 aromatic carbocycles. The summed E-state index contributed by atoms with van der Waals surface area (Å²) >= 11 is 0. The molecule has 0 aliphatic carbocycles. The molecule has 2 rings (SSSR count). The Labute approximate surface area is 152 Å². The summed E-state index contributed by atoms with van der Waals surface area (Å²) in [5.41, 5.74) is -2.12. The zero-order chi connectivity index (χ0) is 20.1. The molecule has 1 heterocycles. The molecular weight excluding hydrogens is 369 g/mol. The molecule has 0 amide bonds. The molecular formula is C18H20F5N3O. The van der Waals surface area contributed by atoms with Crippen LogP contribution in [0, 0.1) is 36.0 Å². The van der Waals surface area contributed by atoms with Gasteiger partial charge in [0, 0.05) is 18.5 Å². The Bertz CT molecular complexity index is 872. The van der Waals surface area contributed by atoms with Gasteiger partial charge in [0.05, 0.1) is 5.56 Å². The van der Waals surface area contributed by atoms with Gasteiger partial charge in [0.2, 0.25) is 5.82 Å². The molecule has 0 atom stereocenters. The summed E-state index contributed by atoms with van der Waals surface area (Å²) < 4.78 is 68.1. The van der Waals surface area contributed by atoms with Crippen LogP contribution >= 0.6 is 0 Å². The van der Waals surface area contributed by atoms with Crippen LogP contribution in [0.15, 0.2) is 9.79 Å². The zero-order valence-corrected chi connectivity index (χ0v) is 15.0. The van der Waals surface area contributed by atoms with Crippen molar-refractivity contribution in [2.75, 3.05) is 6.54 Å². The lowest BCUT2D eigenvalue weighted by Gasteiger charge is -2.08. The quantitative estimate of drug-likeness (QED) is 0.232. The number of aromatic amines is 1. The molecule has 4 nitrogen and oxygen atoms in total. The van der Waals surface area contributed by atoms with Crippen molar-refractivity contribution in [2.45, 2.75) is 46.0 Å². The van der Waals surface area contributed by atoms with Crippen molar-refractivity contribution in [1.82, 2.24) is 9.78 Å². The molecule has 1 N–H and O–H groups in total. The standard InChI is InChI=1S/C18H20F5N3O/c1-3-4-5-6-7-8-24-9-11-10(2)25-26(18(11)27)17-15(22)13(20)12(19)14(21)16(17)23/h9,25H,3-8H2,1-2H3. The molecule has 9 heteroatoms. The van der Waals surface area contributed by atoms with Gasteiger partial charge in [-0.15, -0.1) is 0 Å². The fourth-order valence-corrected chi connectivity index (χ4v) is 2.62. The van der Waals surface area contributed by atoms with Crippen molar-refractivity contribution in [3.05, 3.63) is 50.7 Å². The Morgan fingerprint density at radius 3 is 2.07 bits per heavy atom. The van der Waals surface area contributed by atoms with Crippen molar-refractivity contribution in [3.63, 3.8) is 0 Å². The lowest BCUT2D eigenvalue weighted by atomic mass is 10.1. The number of benzene rings is 1. The van der Waals surface area contributed by atoms with Crippen molar-refractivity contribution in [1.29, 1.82) is 0 Å². The lowest BCUT2D eigenvalue weighted by molar-refractivity contribution is 0.373. The first kappa shape index (κ1) is 20.9. The second-order valence-corrected chi connectivity index (χ2v) is 6.16. The Hall–Kier alpha value is -2.45. The fraction of sp³-hybridized carbons (Fsp3) is 0.444. The first-order valence-electron chi connectivity index (χ1n) is 8.64. The van der Waals surface area contributed by atoms with Crippen LogP contribution in [0.3, 0.4) is 0 Å². The highest BCUT2D eigenvalue weighted by molar-refractivity contribution is 5.80. The van der Waals surface area contributed by atoms with Crippen LogP contribution in [0.5, 0.6) is 0 Å². The summed E-state index contributed by atoms with van der Waals surface area (Å²) in [4.78, 5) is 16.5. The maximum absolute atomic E-state index is 13.9. The number of hydrogen-bond acceptors (Lipinski definition) is 2. The first-order valence-corrected chi connectivity index (χ1v) is 8.64. The number of rotatable bonds is 8. The predicted octanol–water partition coefficient (Wildman–Crippen LogP) is 4.56. The van der Waals surface area contributed by atoms with Crippen molar-refractivity contribution in [3.8, 4) is 5.69 Å². The minimum atomic E-state index is -2.28. The van der Waals surface area contributed by atoms with Gasteiger partial charge in [-0.3, -0.25) is 14.9 Å². The number of unbranched alkanes of at least 4 members (excludes halogenated alkanes) is 4. The molecule has 1 aromatic heterocycles. The van der Waals surface area contributed by atoms with E-state index in [2.05, 4.69) is 17.0 Å². The van der Waals surface area contributed by atoms with E-state index in [9.17, 15) is 26.7 Å². The molecule has 0 spiro atoms. The second kappa shape index (κ2) is 8.96. The van der Waals surface area contributed by atoms with Gasteiger partial charge in [-0.25, -0.2) is 26.6 Å². The van der Waals surface area contributed by atoms with Crippen LogP contribution in [0.25, 0.3) is 5.69 Å². The summed E-state index contributed by atoms with van der Waals surface area (Å²) in [7, 11) is 0. The van der Waals surface area contributed by atoms with Gasteiger partial charge in [-0.05, 0) is 13.3 Å². The fourth-order valence-electron chi connectivity index (χ4n) is 2.62. The molecule has 0 bridgehead atoms. The summed E-state index contributed by atoms with van der Waals surface area (Å²) in [6.07, 6.45) is 6.40. The Morgan fingerprint density at radius 2 is 1.48 bits per heavy atom. The Kier molecular flexibility index (Phi) is 6.92. The minimum Gasteiger partial charge on any atom is -0.294 e. The molecule has 0 aliphatic heterocycles. The molecule has 0 aliphatic rings. The van der Waals surface area contributed by atoms with Crippen LogP contribution in [0.4, 0.5) is 22.0 Å². The highest BCUT2D eigenvalue weighted by Crippen LogP contribution is 2.25. The van der Waals surface area contributed by atoms with Crippen molar-refractivity contribution < 1.29 is 22.0 Å². The monoisotopic (exact) mass is 389 g/mol. The van der Waals surface area contributed by atoms with Gasteiger partial charge in [0.15, 0.2) is 23.3 Å². The molecule has 2 aromatic rings. The zero-order valence-electron chi connectivity index (χ0n) is 15.0. The molecule has 0 saturated heterocycles. The summed E-state index contributed by atoms with van der Waals surface area (Å²) in [5.74, 6) is -10.7. The van der Waals surface area contributed by atoms with Gasteiger partial charge in [0.1, 0.15) is 5.69 Å². The van der Waals surface area contributed by atoms with Gasteiger partial charge in [-0.1, -0.05) is 32.6 Å². The average molecular weight is 389 g/mol. The maximum atomic E-state index is 13.9. The van der Waals surface area contributed by atoms with E-state index in [-0.39, 0.29) is 11.3 Å². The predicted molar refractivity (Wildman–Crippen MR) is 92.1 cm³/mol. The highest BCUT2D eigenvalue weighted by atomic mass is 19.2. The van der Waals surface area contributed by atoms with Gasteiger partial charge in [-0.2, -0.15) is 0 Å². The number of H-pyrrole nitrogens is 1. The second-order valence-electron chi connectivity index (χ2n) is 6.16. The molecule has 148 valence electrons. The SMILES string of the molecule is CCCCCCCN=Cc1c(C)[nH]n(-c2c(F)c(F)c(F)c(F)c2F)c1=O. The third-order valence-electron chi connectivity index (χ3n) is 4.14. The summed E-state index contributed by atoms with van der Waals surface area (Å²) in [6, 6.07) is 0. The van der Waals surface area contributed by atoms with E-state index >= 15 is 0 Å². The van der Waals surface area contributed by atoms with E-state index < -0.39 is 40.3 Å². The summed E-state index contributed by atoms with van der Waals surface area (Å²) in [6.45, 7) is 4.01. The van der Waals surface area contributed by atoms with Crippen LogP contribution in [-0.4, -0.2) is 22.5 Å². The Balaban J connectivity index is 2.31. The molecule has 0 radical (unpaired) electrons. The van der Waals surface area contributed by atoms with Gasteiger partial charge >= 0.3 is 0 Å². The number of aromatic nitrogens is 2. The first-order chi connectivity index (χ1) is 12.8. The smallest absolute Gasteiger partial charge is 0.280 e. The third kappa shape index (κ3) is 4.28. The lowest BCUT2D eigenvalue weighted by Crippen LogP contribution is -2.21. The number of hydrogen-bond donors (Lipinski definition) is 1. The normalized spacial score (nSPS) is 11.7. The number of aliphatic imine (C=N–C) groups is 1. The van der Waals surface area contributed by atoms with Crippen LogP contribution in [0.2, 0.25) is 0 Å². The van der Waals surface area contributed by atoms with Gasteiger partial charge < -0.3 is 0 Å². The van der Waals surface area contributed by atoms with Crippen LogP contribution in [0.1, 0.15) is 50.3 Å². The Morgan fingerprint density at radius 1 is 0.926 bits per heavy atom. The van der Waals surface area contributed by atoms with Crippen LogP contribution < -0.4 is 5.56 Å². The number of aryl methyl sites for hydroxylation is 1. The average Bonchev–Trinajstić information content (AvgIpc) is 2.92. The van der Waals surface area contributed by atoms with E-state index in [1.165, 1.54) is 13.1 Å². The molecule has 0 saturated carbocycles. The largest absolute Gasteiger partial charge is 0.294 e. The number of halogens is 5. The maximum Gasteiger partial charge on any atom is 0.280 e. The number of nitrogens with zero attached hydrogens (tertiary/aromatic N) is 2. The third-order valence-corrected chi connectivity index (χ3v) is 4.14. The van der Waals surface area contributed by atoms with E-state index in [0.29, 0.717) is 11.2 Å². The summed E-state index contributed by atoms with van der Waals surface area (Å²) in [5, 5.41) is 2.33. The highest BCUT2D eigenvalue weighted by Gasteiger charge is 2.28. The topological polar surface area (TPSA) is 50.1 Å². The van der Waals surface area contributed by atoms with Crippen molar-refractivity contribution in [2.24, 2.45) is 4.99 Å². The van der Waals surface area contributed by atoms with E-state index in [1.54, 1.807) is 0 Å². The number of nitrogens with one attached hydrogen (secondary N) is 1. The molecule has 0 fully saturated rings. The van der Waals surface area contributed by atoms with Crippen LogP contribution in [-0.2, 0) is 0 Å². The molecule has 0 unspecified atom stereocenters. The van der Waals surface area contributed by atoms with Gasteiger partial charge in [0.25, 0.3) is 5.56 Å². The van der Waals surface area contributed by atoms with E-state index in [0.717, 1.165) is 32.1 Å². The van der Waals surface area contributed by atoms with Crippen molar-refractivity contribution >= 4 is 6.21 Å². The molecule has 27 heavy (non-hydrogen) atoms. The minimum absolute atomic E-state index is 0.00694. The van der Waals surface area contributed by atoms with E-state index in [1.807, 2.05) is 0 Å².